The summed E-state index contributed by atoms with van der Waals surface area (Å²) in [5, 5.41) is 5.30. The molecule has 37 heavy (non-hydrogen) atoms. The number of hydrogen-bond acceptors (Lipinski definition) is 8. The Labute approximate surface area is 213 Å². The Balaban J connectivity index is 1.60. The van der Waals surface area contributed by atoms with E-state index in [9.17, 15) is 9.59 Å². The second-order valence-corrected chi connectivity index (χ2v) is 8.95. The Kier molecular flexibility index (Phi) is 6.70. The van der Waals surface area contributed by atoms with E-state index >= 15 is 0 Å². The van der Waals surface area contributed by atoms with Crippen LogP contribution in [0.3, 0.4) is 0 Å². The average molecular weight is 499 g/mol. The van der Waals surface area contributed by atoms with Crippen LogP contribution in [0.4, 0.5) is 0 Å². The number of aromatic nitrogens is 3. The number of aryl methyl sites for hydroxylation is 1. The minimum atomic E-state index is -0.694. The first-order valence-corrected chi connectivity index (χ1v) is 11.9. The third-order valence-electron chi connectivity index (χ3n) is 5.81. The molecule has 2 aromatic carbocycles. The van der Waals surface area contributed by atoms with Gasteiger partial charge in [0.15, 0.2) is 17.1 Å². The van der Waals surface area contributed by atoms with Gasteiger partial charge >= 0.3 is 11.9 Å². The van der Waals surface area contributed by atoms with Gasteiger partial charge in [0.2, 0.25) is 0 Å². The predicted octanol–water partition coefficient (Wildman–Crippen LogP) is 4.11. The van der Waals surface area contributed by atoms with Crippen molar-refractivity contribution in [3.8, 4) is 34.2 Å². The Morgan fingerprint density at radius 1 is 0.946 bits per heavy atom. The van der Waals surface area contributed by atoms with Crippen LogP contribution in [0.2, 0.25) is 0 Å². The van der Waals surface area contributed by atoms with Crippen molar-refractivity contribution in [1.29, 1.82) is 0 Å². The van der Waals surface area contributed by atoms with E-state index in [-0.39, 0.29) is 11.5 Å². The SMILES string of the molecule is Cc1ccc(-n2nc(-c3ccc(OCCCN(C)C)cc3)c3c4c(cnc32)OC(=O)/C=C\C(=O)O4)cc1. The molecule has 188 valence electrons. The number of hydrogen-bond donors (Lipinski definition) is 0. The summed E-state index contributed by atoms with van der Waals surface area (Å²) in [4.78, 5) is 31.1. The van der Waals surface area contributed by atoms with Gasteiger partial charge in [-0.25, -0.2) is 19.3 Å². The molecule has 3 heterocycles. The number of carbonyl (C=O) groups is 2. The van der Waals surface area contributed by atoms with Gasteiger partial charge in [-0.1, -0.05) is 17.7 Å². The Morgan fingerprint density at radius 2 is 1.65 bits per heavy atom. The maximum Gasteiger partial charge on any atom is 0.336 e. The minimum Gasteiger partial charge on any atom is -0.494 e. The van der Waals surface area contributed by atoms with Gasteiger partial charge in [-0.15, -0.1) is 0 Å². The van der Waals surface area contributed by atoms with Crippen molar-refractivity contribution in [3.05, 3.63) is 72.4 Å². The molecule has 9 nitrogen and oxygen atoms in total. The summed E-state index contributed by atoms with van der Waals surface area (Å²) >= 11 is 0. The van der Waals surface area contributed by atoms with E-state index in [4.69, 9.17) is 19.3 Å². The summed E-state index contributed by atoms with van der Waals surface area (Å²) in [7, 11) is 4.06. The molecule has 1 aliphatic heterocycles. The molecular formula is C28H26N4O5. The molecule has 1 aliphatic rings. The predicted molar refractivity (Wildman–Crippen MR) is 138 cm³/mol. The number of fused-ring (bicyclic) bond motifs is 3. The monoisotopic (exact) mass is 498 g/mol. The lowest BCUT2D eigenvalue weighted by atomic mass is 10.1. The zero-order valence-electron chi connectivity index (χ0n) is 20.8. The molecule has 0 atom stereocenters. The maximum atomic E-state index is 12.4. The van der Waals surface area contributed by atoms with E-state index < -0.39 is 11.9 Å². The molecule has 0 radical (unpaired) electrons. The quantitative estimate of drug-likeness (QED) is 0.278. The molecular weight excluding hydrogens is 472 g/mol. The van der Waals surface area contributed by atoms with E-state index in [2.05, 4.69) is 9.88 Å². The Hall–Kier alpha value is -4.50. The second-order valence-electron chi connectivity index (χ2n) is 8.95. The molecule has 0 aliphatic carbocycles. The van der Waals surface area contributed by atoms with E-state index in [1.807, 2.05) is 69.6 Å². The molecule has 0 spiro atoms. The highest BCUT2D eigenvalue weighted by atomic mass is 16.6. The number of benzene rings is 2. The topological polar surface area (TPSA) is 95.8 Å². The summed E-state index contributed by atoms with van der Waals surface area (Å²) in [6, 6.07) is 15.3. The molecule has 0 saturated carbocycles. The van der Waals surface area contributed by atoms with Crippen LogP contribution in [0, 0.1) is 6.92 Å². The minimum absolute atomic E-state index is 0.0424. The maximum absolute atomic E-state index is 12.4. The normalized spacial score (nSPS) is 14.1. The van der Waals surface area contributed by atoms with Crippen molar-refractivity contribution in [2.75, 3.05) is 27.2 Å². The van der Waals surface area contributed by atoms with Gasteiger partial charge in [-0.05, 0) is 63.8 Å². The smallest absolute Gasteiger partial charge is 0.336 e. The van der Waals surface area contributed by atoms with Gasteiger partial charge in [-0.2, -0.15) is 5.10 Å². The van der Waals surface area contributed by atoms with Crippen LogP contribution in [0.15, 0.2) is 66.9 Å². The van der Waals surface area contributed by atoms with Crippen molar-refractivity contribution in [2.24, 2.45) is 0 Å². The van der Waals surface area contributed by atoms with E-state index in [1.54, 1.807) is 4.68 Å². The first-order chi connectivity index (χ1) is 17.9. The van der Waals surface area contributed by atoms with Crippen LogP contribution >= 0.6 is 0 Å². The zero-order chi connectivity index (χ0) is 25.9. The number of pyridine rings is 1. The van der Waals surface area contributed by atoms with Gasteiger partial charge in [0.1, 0.15) is 11.4 Å². The fraction of sp³-hybridized carbons (Fsp3) is 0.214. The molecule has 0 bridgehead atoms. The van der Waals surface area contributed by atoms with Gasteiger partial charge in [0.05, 0.1) is 23.9 Å². The average Bonchev–Trinajstić information content (AvgIpc) is 3.26. The molecule has 0 fully saturated rings. The molecule has 4 aromatic rings. The van der Waals surface area contributed by atoms with Crippen LogP contribution in [0.5, 0.6) is 17.2 Å². The number of esters is 2. The third-order valence-corrected chi connectivity index (χ3v) is 5.81. The summed E-state index contributed by atoms with van der Waals surface area (Å²) in [6.07, 6.45) is 4.33. The van der Waals surface area contributed by atoms with Crippen LogP contribution in [-0.2, 0) is 9.59 Å². The first-order valence-electron chi connectivity index (χ1n) is 11.9. The van der Waals surface area contributed by atoms with Crippen molar-refractivity contribution >= 4 is 23.0 Å². The number of ether oxygens (including phenoxy) is 3. The Bertz CT molecular complexity index is 1490. The van der Waals surface area contributed by atoms with Gasteiger partial charge in [0.25, 0.3) is 0 Å². The zero-order valence-corrected chi connectivity index (χ0v) is 20.8. The standard InChI is InChI=1S/C28H26N4O5/c1-18-5-9-20(10-6-18)32-28-25(27-22(17-29-28)36-23(33)13-14-24(34)37-27)26(30-32)19-7-11-21(12-8-19)35-16-4-15-31(2)3/h5-14,17H,4,15-16H2,1-3H3/b14-13-. The lowest BCUT2D eigenvalue weighted by molar-refractivity contribution is -0.133. The van der Waals surface area contributed by atoms with Crippen molar-refractivity contribution in [1.82, 2.24) is 19.7 Å². The number of carbonyl (C=O) groups excluding carboxylic acids is 2. The van der Waals surface area contributed by atoms with Gasteiger partial charge in [-0.3, -0.25) is 0 Å². The van der Waals surface area contributed by atoms with Crippen LogP contribution in [0.1, 0.15) is 12.0 Å². The third kappa shape index (κ3) is 5.22. The summed E-state index contributed by atoms with van der Waals surface area (Å²) in [6.45, 7) is 3.55. The summed E-state index contributed by atoms with van der Waals surface area (Å²) in [5.41, 5.74) is 3.62. The molecule has 0 amide bonds. The highest BCUT2D eigenvalue weighted by molar-refractivity contribution is 6.03. The Morgan fingerprint density at radius 3 is 2.35 bits per heavy atom. The molecule has 0 unspecified atom stereocenters. The summed E-state index contributed by atoms with van der Waals surface area (Å²) in [5.74, 6) is -0.516. The van der Waals surface area contributed by atoms with E-state index in [1.165, 1.54) is 6.20 Å². The molecule has 0 N–H and O–H groups in total. The molecule has 5 rings (SSSR count). The van der Waals surface area contributed by atoms with Crippen LogP contribution in [-0.4, -0.2) is 58.8 Å². The molecule has 2 aromatic heterocycles. The van der Waals surface area contributed by atoms with Crippen LogP contribution in [0.25, 0.3) is 28.0 Å². The highest BCUT2D eigenvalue weighted by Crippen LogP contribution is 2.41. The fourth-order valence-corrected chi connectivity index (χ4v) is 3.97. The van der Waals surface area contributed by atoms with Gasteiger partial charge in [0, 0.05) is 24.3 Å². The van der Waals surface area contributed by atoms with E-state index in [0.29, 0.717) is 23.3 Å². The fourth-order valence-electron chi connectivity index (χ4n) is 3.97. The molecule has 0 saturated heterocycles. The lowest BCUT2D eigenvalue weighted by Gasteiger charge is -2.12. The van der Waals surface area contributed by atoms with Gasteiger partial charge < -0.3 is 19.1 Å². The number of nitrogens with zero attached hydrogens (tertiary/aromatic N) is 4. The second kappa shape index (κ2) is 10.2. The highest BCUT2D eigenvalue weighted by Gasteiger charge is 2.26. The summed E-state index contributed by atoms with van der Waals surface area (Å²) < 4.78 is 18.5. The first kappa shape index (κ1) is 24.2. The lowest BCUT2D eigenvalue weighted by Crippen LogP contribution is -2.15. The van der Waals surface area contributed by atoms with Crippen molar-refractivity contribution in [2.45, 2.75) is 13.3 Å². The van der Waals surface area contributed by atoms with Crippen molar-refractivity contribution in [3.63, 3.8) is 0 Å². The number of rotatable bonds is 7. The van der Waals surface area contributed by atoms with E-state index in [0.717, 1.165) is 47.7 Å². The van der Waals surface area contributed by atoms with Crippen LogP contribution < -0.4 is 14.2 Å². The largest absolute Gasteiger partial charge is 0.494 e. The van der Waals surface area contributed by atoms with Crippen molar-refractivity contribution < 1.29 is 23.8 Å². The molecule has 9 heteroatoms.